The Morgan fingerprint density at radius 1 is 0.964 bits per heavy atom. The molecule has 2 aromatic carbocycles. The van der Waals surface area contributed by atoms with Crippen LogP contribution in [0.2, 0.25) is 0 Å². The Labute approximate surface area is 326 Å². The van der Waals surface area contributed by atoms with Crippen LogP contribution in [0.5, 0.6) is 0 Å². The van der Waals surface area contributed by atoms with Crippen molar-refractivity contribution in [3.05, 3.63) is 89.0 Å². The van der Waals surface area contributed by atoms with Gasteiger partial charge in [-0.05, 0) is 61.3 Å². The maximum atomic E-state index is 14.5. The van der Waals surface area contributed by atoms with Gasteiger partial charge in [0.2, 0.25) is 11.8 Å². The van der Waals surface area contributed by atoms with Crippen molar-refractivity contribution in [3.63, 3.8) is 0 Å². The van der Waals surface area contributed by atoms with Crippen molar-refractivity contribution >= 4 is 23.9 Å². The number of epoxide rings is 1. The molecule has 6 rings (SSSR count). The molecule has 2 amide bonds. The Hall–Kier alpha value is -3.83. The zero-order chi connectivity index (χ0) is 38.8. The van der Waals surface area contributed by atoms with Crippen molar-refractivity contribution in [2.45, 2.75) is 140 Å². The van der Waals surface area contributed by atoms with Crippen molar-refractivity contribution in [3.8, 4) is 0 Å². The first-order chi connectivity index (χ1) is 26.7. The number of hydrogen-bond acceptors (Lipinski definition) is 8. The molecular formula is C45H60N2O8. The first-order valence-electron chi connectivity index (χ1n) is 20.6. The zero-order valence-electron chi connectivity index (χ0n) is 32.8. The molecule has 298 valence electrons. The van der Waals surface area contributed by atoms with Crippen LogP contribution in [0, 0.1) is 5.92 Å². The van der Waals surface area contributed by atoms with Gasteiger partial charge in [-0.15, -0.1) is 0 Å². The molecule has 55 heavy (non-hydrogen) atoms. The highest BCUT2D eigenvalue weighted by Crippen LogP contribution is 2.44. The second-order valence-corrected chi connectivity index (χ2v) is 15.7. The molecule has 2 saturated heterocycles. The van der Waals surface area contributed by atoms with Crippen molar-refractivity contribution in [1.29, 1.82) is 0 Å². The van der Waals surface area contributed by atoms with Gasteiger partial charge in [0, 0.05) is 44.8 Å². The van der Waals surface area contributed by atoms with Gasteiger partial charge in [0.15, 0.2) is 5.79 Å². The van der Waals surface area contributed by atoms with Crippen molar-refractivity contribution in [2.24, 2.45) is 5.92 Å². The maximum Gasteiger partial charge on any atom is 0.339 e. The molecule has 7 atom stereocenters. The summed E-state index contributed by atoms with van der Waals surface area (Å²) in [5.74, 6) is -1.65. The average molecular weight is 757 g/mol. The lowest BCUT2D eigenvalue weighted by molar-refractivity contribution is -0.190. The van der Waals surface area contributed by atoms with E-state index in [9.17, 15) is 19.5 Å². The average Bonchev–Trinajstić information content (AvgIpc) is 3.89. The minimum absolute atomic E-state index is 0.0761. The SMILES string of the molecule is CCCCCC1(CCCCC)OC2C=C(C(=O)N(C)C(Cc3ccccc3)C(=O)NCCO)CC(OC(=O)c3ccccc3C=CC3CCC4OC4C3)C2O1. The number of fused-ring (bicyclic) bond motifs is 2. The summed E-state index contributed by atoms with van der Waals surface area (Å²) in [5.41, 5.74) is 2.53. The van der Waals surface area contributed by atoms with Crippen LogP contribution in [0.15, 0.2) is 72.3 Å². The summed E-state index contributed by atoms with van der Waals surface area (Å²) in [6.07, 6.45) is 15.8. The number of hydrogen-bond donors (Lipinski definition) is 2. The molecule has 0 radical (unpaired) electrons. The van der Waals surface area contributed by atoms with Gasteiger partial charge in [0.05, 0.1) is 24.4 Å². The number of carbonyl (C=O) groups excluding carboxylic acids is 3. The first kappa shape index (κ1) is 40.8. The standard InChI is InChI=1S/C45H60N2O8/c1-4-6-13-23-45(24-14-7-5-2)54-40-30-34(43(50)47(3)36(42(49)46-25-26-48)27-31-15-9-8-10-16-31)29-39(41(40)55-45)53-44(51)35-18-12-11-17-33(35)21-19-32-20-22-37-38(28-32)52-37/h8-12,15-19,21,30,32,36-41,48H,4-7,13-14,20,22-29H2,1-3H3,(H,46,49). The molecule has 2 aromatic rings. The molecule has 2 aliphatic carbocycles. The maximum absolute atomic E-state index is 14.5. The largest absolute Gasteiger partial charge is 0.456 e. The van der Waals surface area contributed by atoms with E-state index in [0.29, 0.717) is 42.1 Å². The van der Waals surface area contributed by atoms with Crippen LogP contribution >= 0.6 is 0 Å². The first-order valence-corrected chi connectivity index (χ1v) is 20.6. The molecular weight excluding hydrogens is 697 g/mol. The van der Waals surface area contributed by atoms with Gasteiger partial charge >= 0.3 is 5.97 Å². The minimum atomic E-state index is -0.851. The van der Waals surface area contributed by atoms with E-state index in [1.165, 1.54) is 4.90 Å². The number of ether oxygens (including phenoxy) is 4. The van der Waals surface area contributed by atoms with Crippen LogP contribution in [-0.2, 0) is 35.0 Å². The van der Waals surface area contributed by atoms with E-state index in [1.807, 2.05) is 60.7 Å². The van der Waals surface area contributed by atoms with Gasteiger partial charge in [-0.2, -0.15) is 0 Å². The van der Waals surface area contributed by atoms with E-state index < -0.39 is 36.1 Å². The number of carbonyl (C=O) groups is 3. The van der Waals surface area contributed by atoms with E-state index in [-0.39, 0.29) is 37.8 Å². The molecule has 0 spiro atoms. The van der Waals surface area contributed by atoms with E-state index in [4.69, 9.17) is 18.9 Å². The predicted molar refractivity (Wildman–Crippen MR) is 211 cm³/mol. The summed E-state index contributed by atoms with van der Waals surface area (Å²) >= 11 is 0. The van der Waals surface area contributed by atoms with E-state index in [0.717, 1.165) is 68.9 Å². The van der Waals surface area contributed by atoms with E-state index in [1.54, 1.807) is 13.1 Å². The van der Waals surface area contributed by atoms with Crippen molar-refractivity contribution in [1.82, 2.24) is 10.2 Å². The number of unbranched alkanes of at least 4 members (excludes halogenated alkanes) is 4. The lowest BCUT2D eigenvalue weighted by atomic mass is 9.88. The Morgan fingerprint density at radius 3 is 2.40 bits per heavy atom. The lowest BCUT2D eigenvalue weighted by Gasteiger charge is -2.33. The molecule has 1 saturated carbocycles. The molecule has 0 aromatic heterocycles. The van der Waals surface area contributed by atoms with Gasteiger partial charge in [-0.3, -0.25) is 9.59 Å². The number of rotatable bonds is 19. The number of likely N-dealkylation sites (N-methyl/N-ethyl adjacent to an activating group) is 1. The second kappa shape index (κ2) is 19.4. The third-order valence-corrected chi connectivity index (χ3v) is 11.6. The van der Waals surface area contributed by atoms with Crippen molar-refractivity contribution in [2.75, 3.05) is 20.2 Å². The topological polar surface area (TPSA) is 127 Å². The summed E-state index contributed by atoms with van der Waals surface area (Å²) < 4.78 is 25.8. The number of nitrogens with one attached hydrogen (secondary N) is 1. The van der Waals surface area contributed by atoms with Crippen LogP contribution in [0.1, 0.15) is 112 Å². The Kier molecular flexibility index (Phi) is 14.4. The molecule has 10 heteroatoms. The van der Waals surface area contributed by atoms with Crippen LogP contribution in [0.4, 0.5) is 0 Å². The highest BCUT2D eigenvalue weighted by molar-refractivity contribution is 5.98. The smallest absolute Gasteiger partial charge is 0.339 e. The highest BCUT2D eigenvalue weighted by Gasteiger charge is 2.53. The summed E-state index contributed by atoms with van der Waals surface area (Å²) in [6, 6.07) is 16.2. The molecule has 4 aliphatic rings. The summed E-state index contributed by atoms with van der Waals surface area (Å²) in [6.45, 7) is 4.20. The highest BCUT2D eigenvalue weighted by atomic mass is 16.8. The minimum Gasteiger partial charge on any atom is -0.456 e. The molecule has 10 nitrogen and oxygen atoms in total. The number of aliphatic hydroxyl groups is 1. The second-order valence-electron chi connectivity index (χ2n) is 15.7. The van der Waals surface area contributed by atoms with Crippen LogP contribution in [-0.4, -0.2) is 90.3 Å². The molecule has 2 heterocycles. The Morgan fingerprint density at radius 2 is 1.69 bits per heavy atom. The number of amides is 2. The van der Waals surface area contributed by atoms with Crippen molar-refractivity contribution < 1.29 is 38.4 Å². The van der Waals surface area contributed by atoms with Crippen LogP contribution in [0.3, 0.4) is 0 Å². The van der Waals surface area contributed by atoms with Crippen LogP contribution in [0.25, 0.3) is 6.08 Å². The zero-order valence-corrected chi connectivity index (χ0v) is 32.8. The fraction of sp³-hybridized carbons (Fsp3) is 0.578. The molecule has 0 bridgehead atoms. The van der Waals surface area contributed by atoms with Gasteiger partial charge in [0.25, 0.3) is 0 Å². The quantitative estimate of drug-likeness (QED) is 0.0897. The Bertz CT molecular complexity index is 1650. The fourth-order valence-corrected chi connectivity index (χ4v) is 8.38. The third-order valence-electron chi connectivity index (χ3n) is 11.6. The lowest BCUT2D eigenvalue weighted by Crippen LogP contribution is -2.51. The summed E-state index contributed by atoms with van der Waals surface area (Å²) in [7, 11) is 1.62. The number of aliphatic hydroxyl groups excluding tert-OH is 1. The molecule has 2 aliphatic heterocycles. The molecule has 3 fully saturated rings. The van der Waals surface area contributed by atoms with E-state index >= 15 is 0 Å². The fourth-order valence-electron chi connectivity index (χ4n) is 8.38. The molecule has 7 unspecified atom stereocenters. The number of allylic oxidation sites excluding steroid dienone is 1. The monoisotopic (exact) mass is 756 g/mol. The Balaban J connectivity index is 1.27. The summed E-state index contributed by atoms with van der Waals surface area (Å²) in [5, 5.41) is 12.2. The normalized spacial score (nSPS) is 25.7. The summed E-state index contributed by atoms with van der Waals surface area (Å²) in [4.78, 5) is 43.6. The predicted octanol–water partition coefficient (Wildman–Crippen LogP) is 6.94. The van der Waals surface area contributed by atoms with E-state index in [2.05, 4.69) is 25.2 Å². The third kappa shape index (κ3) is 10.5. The van der Waals surface area contributed by atoms with Gasteiger partial charge in [-0.25, -0.2) is 4.79 Å². The van der Waals surface area contributed by atoms with Gasteiger partial charge < -0.3 is 34.3 Å². The van der Waals surface area contributed by atoms with Crippen LogP contribution < -0.4 is 5.32 Å². The molecule has 2 N–H and O–H groups in total. The number of benzene rings is 2. The number of esters is 1. The van der Waals surface area contributed by atoms with Gasteiger partial charge in [-0.1, -0.05) is 100 Å². The van der Waals surface area contributed by atoms with Gasteiger partial charge in [0.1, 0.15) is 24.4 Å². The number of nitrogens with zero attached hydrogens (tertiary/aromatic N) is 1.